The number of urea groups is 1. The monoisotopic (exact) mass is 457 g/mol. The number of methoxy groups -OCH3 is 3. The van der Waals surface area contributed by atoms with E-state index >= 15 is 0 Å². The van der Waals surface area contributed by atoms with E-state index in [4.69, 9.17) is 25.8 Å². The van der Waals surface area contributed by atoms with E-state index in [1.54, 1.807) is 44.4 Å². The lowest BCUT2D eigenvalue weighted by Crippen LogP contribution is -2.37. The molecule has 0 spiro atoms. The number of aromatic nitrogens is 1. The van der Waals surface area contributed by atoms with E-state index in [1.165, 1.54) is 0 Å². The number of halogens is 1. The Morgan fingerprint density at radius 1 is 1.03 bits per heavy atom. The number of benzene rings is 2. The topological polar surface area (TPSA) is 65.0 Å². The van der Waals surface area contributed by atoms with Gasteiger partial charge in [0.1, 0.15) is 11.5 Å². The number of amides is 2. The Morgan fingerprint density at radius 2 is 1.75 bits per heavy atom. The third kappa shape index (κ3) is 6.18. The summed E-state index contributed by atoms with van der Waals surface area (Å²) in [6, 6.07) is 16.7. The van der Waals surface area contributed by atoms with Crippen LogP contribution in [0.15, 0.2) is 60.8 Å². The zero-order valence-electron chi connectivity index (χ0n) is 18.5. The highest BCUT2D eigenvalue weighted by Crippen LogP contribution is 2.26. The standard InChI is InChI=1S/C24H28ClN3O4/c1-30-12-11-28(24(29)26-19-13-21(31-2)15-22(14-19)32-3)17-20-8-6-10-27(20)16-18-7-4-5-9-23(18)25/h4-10,13-15H,11-12,16-17H2,1-3H3,(H,26,29). The fourth-order valence-corrected chi connectivity index (χ4v) is 3.48. The van der Waals surface area contributed by atoms with Gasteiger partial charge >= 0.3 is 6.03 Å². The Morgan fingerprint density at radius 3 is 2.41 bits per heavy atom. The average Bonchev–Trinajstić information content (AvgIpc) is 3.24. The normalized spacial score (nSPS) is 10.6. The maximum Gasteiger partial charge on any atom is 0.322 e. The second-order valence-corrected chi connectivity index (χ2v) is 7.57. The van der Waals surface area contributed by atoms with Crippen LogP contribution in [0.1, 0.15) is 11.3 Å². The lowest BCUT2D eigenvalue weighted by molar-refractivity contribution is 0.152. The first-order valence-electron chi connectivity index (χ1n) is 10.2. The molecule has 170 valence electrons. The molecule has 1 heterocycles. The highest BCUT2D eigenvalue weighted by molar-refractivity contribution is 6.31. The molecule has 1 aromatic heterocycles. The van der Waals surface area contributed by atoms with E-state index in [1.807, 2.05) is 42.6 Å². The van der Waals surface area contributed by atoms with Gasteiger partial charge in [-0.1, -0.05) is 29.8 Å². The van der Waals surface area contributed by atoms with E-state index in [9.17, 15) is 4.79 Å². The van der Waals surface area contributed by atoms with Crippen molar-refractivity contribution < 1.29 is 19.0 Å². The Balaban J connectivity index is 1.77. The van der Waals surface area contributed by atoms with E-state index in [0.29, 0.717) is 48.5 Å². The number of carbonyl (C=O) groups is 1. The molecule has 3 rings (SSSR count). The van der Waals surface area contributed by atoms with Gasteiger partial charge in [-0.3, -0.25) is 0 Å². The Kier molecular flexibility index (Phi) is 8.41. The molecule has 0 unspecified atom stereocenters. The van der Waals surface area contributed by atoms with Gasteiger partial charge < -0.3 is 29.0 Å². The van der Waals surface area contributed by atoms with Crippen LogP contribution >= 0.6 is 11.6 Å². The summed E-state index contributed by atoms with van der Waals surface area (Å²) >= 11 is 6.33. The smallest absolute Gasteiger partial charge is 0.322 e. The molecular formula is C24H28ClN3O4. The molecule has 0 atom stereocenters. The van der Waals surface area contributed by atoms with Crippen molar-refractivity contribution in [2.45, 2.75) is 13.1 Å². The number of ether oxygens (including phenoxy) is 3. The third-order valence-electron chi connectivity index (χ3n) is 5.03. The summed E-state index contributed by atoms with van der Waals surface area (Å²) in [5.41, 5.74) is 2.59. The van der Waals surface area contributed by atoms with Gasteiger partial charge in [0.15, 0.2) is 0 Å². The van der Waals surface area contributed by atoms with E-state index < -0.39 is 0 Å². The van der Waals surface area contributed by atoms with Crippen LogP contribution in [0.5, 0.6) is 11.5 Å². The summed E-state index contributed by atoms with van der Waals surface area (Å²) < 4.78 is 17.9. The van der Waals surface area contributed by atoms with Crippen molar-refractivity contribution in [1.29, 1.82) is 0 Å². The lowest BCUT2D eigenvalue weighted by Gasteiger charge is -2.24. The lowest BCUT2D eigenvalue weighted by atomic mass is 10.2. The molecule has 7 nitrogen and oxygen atoms in total. The van der Waals surface area contributed by atoms with Crippen molar-refractivity contribution in [3.63, 3.8) is 0 Å². The second-order valence-electron chi connectivity index (χ2n) is 7.16. The molecule has 8 heteroatoms. The summed E-state index contributed by atoms with van der Waals surface area (Å²) in [7, 11) is 4.75. The van der Waals surface area contributed by atoms with E-state index in [2.05, 4.69) is 9.88 Å². The largest absolute Gasteiger partial charge is 0.497 e. The molecule has 1 N–H and O–H groups in total. The number of rotatable bonds is 10. The molecule has 0 fully saturated rings. The van der Waals surface area contributed by atoms with Gasteiger partial charge in [-0.05, 0) is 23.8 Å². The van der Waals surface area contributed by atoms with Crippen molar-refractivity contribution in [1.82, 2.24) is 9.47 Å². The number of hydrogen-bond donors (Lipinski definition) is 1. The molecular weight excluding hydrogens is 430 g/mol. The van der Waals surface area contributed by atoms with E-state index in [0.717, 1.165) is 11.3 Å². The summed E-state index contributed by atoms with van der Waals surface area (Å²) in [4.78, 5) is 14.8. The minimum Gasteiger partial charge on any atom is -0.497 e. The van der Waals surface area contributed by atoms with E-state index in [-0.39, 0.29) is 6.03 Å². The van der Waals surface area contributed by atoms with Crippen molar-refractivity contribution in [3.05, 3.63) is 77.1 Å². The van der Waals surface area contributed by atoms with Gasteiger partial charge in [0, 0.05) is 61.0 Å². The van der Waals surface area contributed by atoms with Crippen molar-refractivity contribution >= 4 is 23.3 Å². The van der Waals surface area contributed by atoms with Crippen LogP contribution in [0.4, 0.5) is 10.5 Å². The van der Waals surface area contributed by atoms with Crippen LogP contribution in [0.2, 0.25) is 5.02 Å². The minimum absolute atomic E-state index is 0.247. The first kappa shape index (κ1) is 23.5. The van der Waals surface area contributed by atoms with Gasteiger partial charge in [-0.15, -0.1) is 0 Å². The predicted octanol–water partition coefficient (Wildman–Crippen LogP) is 4.89. The molecule has 2 aromatic carbocycles. The van der Waals surface area contributed by atoms with Gasteiger partial charge in [0.2, 0.25) is 0 Å². The molecule has 0 aliphatic heterocycles. The molecule has 0 radical (unpaired) electrons. The molecule has 0 aliphatic carbocycles. The second kappa shape index (κ2) is 11.5. The van der Waals surface area contributed by atoms with Crippen LogP contribution in [0, 0.1) is 0 Å². The number of nitrogens with one attached hydrogen (secondary N) is 1. The van der Waals surface area contributed by atoms with Crippen LogP contribution in [-0.4, -0.2) is 50.0 Å². The summed E-state index contributed by atoms with van der Waals surface area (Å²) in [6.45, 7) is 1.88. The minimum atomic E-state index is -0.247. The van der Waals surface area contributed by atoms with Gasteiger partial charge in [0.25, 0.3) is 0 Å². The number of anilines is 1. The quantitative estimate of drug-likeness (QED) is 0.471. The SMILES string of the molecule is COCCN(Cc1cccn1Cc1ccccc1Cl)C(=O)Nc1cc(OC)cc(OC)c1. The predicted molar refractivity (Wildman–Crippen MR) is 126 cm³/mol. The van der Waals surface area contributed by atoms with Gasteiger partial charge in [-0.2, -0.15) is 0 Å². The molecule has 3 aromatic rings. The Bertz CT molecular complexity index is 1020. The number of nitrogens with zero attached hydrogens (tertiary/aromatic N) is 2. The summed E-state index contributed by atoms with van der Waals surface area (Å²) in [6.07, 6.45) is 1.98. The zero-order chi connectivity index (χ0) is 22.9. The highest BCUT2D eigenvalue weighted by atomic mass is 35.5. The number of hydrogen-bond acceptors (Lipinski definition) is 4. The molecule has 32 heavy (non-hydrogen) atoms. The Labute approximate surface area is 193 Å². The molecule has 0 saturated carbocycles. The maximum atomic E-state index is 13.1. The fraction of sp³-hybridized carbons (Fsp3) is 0.292. The van der Waals surface area contributed by atoms with Crippen molar-refractivity contribution in [2.24, 2.45) is 0 Å². The molecule has 2 amide bonds. The van der Waals surface area contributed by atoms with Crippen LogP contribution < -0.4 is 14.8 Å². The maximum absolute atomic E-state index is 13.1. The van der Waals surface area contributed by atoms with Gasteiger partial charge in [-0.25, -0.2) is 4.79 Å². The van der Waals surface area contributed by atoms with Gasteiger partial charge in [0.05, 0.1) is 27.4 Å². The molecule has 0 bridgehead atoms. The van der Waals surface area contributed by atoms with Crippen molar-refractivity contribution in [3.8, 4) is 11.5 Å². The zero-order valence-corrected chi connectivity index (χ0v) is 19.3. The summed E-state index contributed by atoms with van der Waals surface area (Å²) in [5, 5.41) is 3.65. The first-order chi connectivity index (χ1) is 15.5. The average molecular weight is 458 g/mol. The van der Waals surface area contributed by atoms with Crippen molar-refractivity contribution in [2.75, 3.05) is 39.8 Å². The molecule has 0 aliphatic rings. The fourth-order valence-electron chi connectivity index (χ4n) is 3.29. The summed E-state index contributed by atoms with van der Waals surface area (Å²) in [5.74, 6) is 1.19. The first-order valence-corrected chi connectivity index (χ1v) is 10.6. The third-order valence-corrected chi connectivity index (χ3v) is 5.40. The van der Waals surface area contributed by atoms with Crippen LogP contribution in [0.25, 0.3) is 0 Å². The van der Waals surface area contributed by atoms with Crippen LogP contribution in [0.3, 0.4) is 0 Å². The van der Waals surface area contributed by atoms with Crippen LogP contribution in [-0.2, 0) is 17.8 Å². The molecule has 0 saturated heterocycles. The Hall–Kier alpha value is -3.16. The highest BCUT2D eigenvalue weighted by Gasteiger charge is 2.17. The number of carbonyl (C=O) groups excluding carboxylic acids is 1.